The smallest absolute Gasteiger partial charge is 0.248 e. The molecule has 0 saturated heterocycles. The highest BCUT2D eigenvalue weighted by atomic mass is 19.1. The van der Waals surface area contributed by atoms with E-state index in [1.54, 1.807) is 12.5 Å². The van der Waals surface area contributed by atoms with Crippen LogP contribution in [-0.4, -0.2) is 22.0 Å². The zero-order valence-electron chi connectivity index (χ0n) is 10.3. The standard InChI is InChI=1S/C13H15FN4O/c14-12-2-1-10(13(15)19)7-11(12)8-16-3-5-18-6-4-17-9-18/h1-2,4,6-7,9,16H,3,5,8H2,(H2,15,19). The second kappa shape index (κ2) is 6.10. The van der Waals surface area contributed by atoms with Crippen LogP contribution in [0.15, 0.2) is 36.9 Å². The van der Waals surface area contributed by atoms with Crippen molar-refractivity contribution in [3.8, 4) is 0 Å². The number of amides is 1. The summed E-state index contributed by atoms with van der Waals surface area (Å²) < 4.78 is 15.4. The highest BCUT2D eigenvalue weighted by Crippen LogP contribution is 2.10. The first kappa shape index (κ1) is 13.2. The normalized spacial score (nSPS) is 10.6. The second-order valence-corrected chi connectivity index (χ2v) is 4.15. The van der Waals surface area contributed by atoms with Gasteiger partial charge in [-0.1, -0.05) is 0 Å². The Hall–Kier alpha value is -2.21. The largest absolute Gasteiger partial charge is 0.366 e. The summed E-state index contributed by atoms with van der Waals surface area (Å²) in [5.74, 6) is -0.903. The third kappa shape index (κ3) is 3.62. The van der Waals surface area contributed by atoms with Crippen molar-refractivity contribution in [1.29, 1.82) is 0 Å². The van der Waals surface area contributed by atoms with Gasteiger partial charge in [-0.15, -0.1) is 0 Å². The van der Waals surface area contributed by atoms with Crippen molar-refractivity contribution in [1.82, 2.24) is 14.9 Å². The van der Waals surface area contributed by atoms with E-state index in [9.17, 15) is 9.18 Å². The van der Waals surface area contributed by atoms with Crippen molar-refractivity contribution >= 4 is 5.91 Å². The minimum Gasteiger partial charge on any atom is -0.366 e. The quantitative estimate of drug-likeness (QED) is 0.760. The number of nitrogens with one attached hydrogen (secondary N) is 1. The van der Waals surface area contributed by atoms with Crippen molar-refractivity contribution in [2.75, 3.05) is 6.54 Å². The molecule has 0 spiro atoms. The minimum atomic E-state index is -0.556. The van der Waals surface area contributed by atoms with Gasteiger partial charge < -0.3 is 15.6 Å². The van der Waals surface area contributed by atoms with Gasteiger partial charge in [0.2, 0.25) is 5.91 Å². The third-order valence-electron chi connectivity index (χ3n) is 2.75. The molecule has 100 valence electrons. The molecule has 6 heteroatoms. The average Bonchev–Trinajstić information content (AvgIpc) is 2.89. The summed E-state index contributed by atoms with van der Waals surface area (Å²) >= 11 is 0. The maximum Gasteiger partial charge on any atom is 0.248 e. The van der Waals surface area contributed by atoms with Gasteiger partial charge in [-0.2, -0.15) is 0 Å². The molecule has 1 amide bonds. The summed E-state index contributed by atoms with van der Waals surface area (Å²) in [6.07, 6.45) is 5.28. The van der Waals surface area contributed by atoms with Crippen LogP contribution in [0.4, 0.5) is 4.39 Å². The Morgan fingerprint density at radius 2 is 2.32 bits per heavy atom. The lowest BCUT2D eigenvalue weighted by atomic mass is 10.1. The Morgan fingerprint density at radius 3 is 3.00 bits per heavy atom. The fraction of sp³-hybridized carbons (Fsp3) is 0.231. The molecular weight excluding hydrogens is 247 g/mol. The summed E-state index contributed by atoms with van der Waals surface area (Å²) in [6, 6.07) is 4.11. The van der Waals surface area contributed by atoms with Crippen LogP contribution in [0.2, 0.25) is 0 Å². The van der Waals surface area contributed by atoms with Crippen LogP contribution < -0.4 is 11.1 Å². The van der Waals surface area contributed by atoms with Gasteiger partial charge >= 0.3 is 0 Å². The fourth-order valence-corrected chi connectivity index (χ4v) is 1.71. The highest BCUT2D eigenvalue weighted by Gasteiger charge is 2.06. The summed E-state index contributed by atoms with van der Waals surface area (Å²) in [7, 11) is 0. The second-order valence-electron chi connectivity index (χ2n) is 4.15. The molecule has 2 rings (SSSR count). The van der Waals surface area contributed by atoms with Crippen molar-refractivity contribution < 1.29 is 9.18 Å². The Morgan fingerprint density at radius 1 is 1.47 bits per heavy atom. The van der Waals surface area contributed by atoms with Crippen LogP contribution in [0.1, 0.15) is 15.9 Å². The van der Waals surface area contributed by atoms with Crippen LogP contribution >= 0.6 is 0 Å². The van der Waals surface area contributed by atoms with E-state index >= 15 is 0 Å². The van der Waals surface area contributed by atoms with E-state index in [1.807, 2.05) is 10.8 Å². The summed E-state index contributed by atoms with van der Waals surface area (Å²) in [5.41, 5.74) is 5.90. The van der Waals surface area contributed by atoms with Crippen molar-refractivity contribution in [2.24, 2.45) is 5.73 Å². The number of halogens is 1. The number of carbonyl (C=O) groups excluding carboxylic acids is 1. The first-order valence-corrected chi connectivity index (χ1v) is 5.91. The lowest BCUT2D eigenvalue weighted by Gasteiger charge is -2.07. The monoisotopic (exact) mass is 262 g/mol. The number of benzene rings is 1. The highest BCUT2D eigenvalue weighted by molar-refractivity contribution is 5.92. The number of primary amides is 1. The molecule has 1 heterocycles. The zero-order valence-corrected chi connectivity index (χ0v) is 10.3. The SMILES string of the molecule is NC(=O)c1ccc(F)c(CNCCn2ccnc2)c1. The van der Waals surface area contributed by atoms with E-state index in [-0.39, 0.29) is 5.82 Å². The van der Waals surface area contributed by atoms with Gasteiger partial charge in [0, 0.05) is 43.2 Å². The molecule has 0 bridgehead atoms. The number of nitrogens with zero attached hydrogens (tertiary/aromatic N) is 2. The van der Waals surface area contributed by atoms with Crippen molar-refractivity contribution in [2.45, 2.75) is 13.1 Å². The van der Waals surface area contributed by atoms with Gasteiger partial charge in [0.25, 0.3) is 0 Å². The molecule has 0 aliphatic rings. The Bertz CT molecular complexity index is 554. The van der Waals surface area contributed by atoms with Crippen LogP contribution in [0.5, 0.6) is 0 Å². The molecule has 0 fully saturated rings. The molecule has 0 atom stereocenters. The topological polar surface area (TPSA) is 72.9 Å². The minimum absolute atomic E-state index is 0.313. The van der Waals surface area contributed by atoms with E-state index in [4.69, 9.17) is 5.73 Å². The number of rotatable bonds is 6. The lowest BCUT2D eigenvalue weighted by molar-refractivity contribution is 0.1000. The molecule has 2 aromatic rings. The predicted molar refractivity (Wildman–Crippen MR) is 68.9 cm³/mol. The molecule has 0 saturated carbocycles. The maximum absolute atomic E-state index is 13.5. The number of hydrogen-bond acceptors (Lipinski definition) is 3. The van der Waals surface area contributed by atoms with E-state index in [2.05, 4.69) is 10.3 Å². The van der Waals surface area contributed by atoms with E-state index in [0.29, 0.717) is 24.2 Å². The molecule has 0 aliphatic heterocycles. The Kier molecular flexibility index (Phi) is 4.25. The predicted octanol–water partition coefficient (Wildman–Crippen LogP) is 0.911. The van der Waals surface area contributed by atoms with Gasteiger partial charge in [-0.25, -0.2) is 9.37 Å². The van der Waals surface area contributed by atoms with E-state index < -0.39 is 5.91 Å². The number of carbonyl (C=O) groups is 1. The fourth-order valence-electron chi connectivity index (χ4n) is 1.71. The molecule has 1 aromatic carbocycles. The molecular formula is C13H15FN4O. The summed E-state index contributed by atoms with van der Waals surface area (Å²) in [4.78, 5) is 14.9. The molecule has 5 nitrogen and oxygen atoms in total. The van der Waals surface area contributed by atoms with Crippen molar-refractivity contribution in [3.05, 3.63) is 53.9 Å². The maximum atomic E-state index is 13.5. The van der Waals surface area contributed by atoms with Gasteiger partial charge in [0.05, 0.1) is 6.33 Å². The van der Waals surface area contributed by atoms with Crippen molar-refractivity contribution in [3.63, 3.8) is 0 Å². The first-order valence-electron chi connectivity index (χ1n) is 5.91. The van der Waals surface area contributed by atoms with E-state index in [1.165, 1.54) is 18.2 Å². The lowest BCUT2D eigenvalue weighted by Crippen LogP contribution is -2.20. The third-order valence-corrected chi connectivity index (χ3v) is 2.75. The Balaban J connectivity index is 1.88. The number of nitrogens with two attached hydrogens (primary N) is 1. The molecule has 0 unspecified atom stereocenters. The van der Waals surface area contributed by atoms with Gasteiger partial charge in [0.1, 0.15) is 5.82 Å². The number of aromatic nitrogens is 2. The van der Waals surface area contributed by atoms with Crippen LogP contribution in [0.25, 0.3) is 0 Å². The van der Waals surface area contributed by atoms with Crippen LogP contribution in [0, 0.1) is 5.82 Å². The number of imidazole rings is 1. The molecule has 19 heavy (non-hydrogen) atoms. The molecule has 3 N–H and O–H groups in total. The van der Waals surface area contributed by atoms with Crippen LogP contribution in [-0.2, 0) is 13.1 Å². The molecule has 0 aliphatic carbocycles. The average molecular weight is 262 g/mol. The van der Waals surface area contributed by atoms with E-state index in [0.717, 1.165) is 6.54 Å². The van der Waals surface area contributed by atoms with Gasteiger partial charge in [0.15, 0.2) is 0 Å². The molecule has 1 aromatic heterocycles. The van der Waals surface area contributed by atoms with Gasteiger partial charge in [-0.3, -0.25) is 4.79 Å². The van der Waals surface area contributed by atoms with Crippen LogP contribution in [0.3, 0.4) is 0 Å². The number of hydrogen-bond donors (Lipinski definition) is 2. The first-order chi connectivity index (χ1) is 9.16. The Labute approximate surface area is 110 Å². The zero-order chi connectivity index (χ0) is 13.7. The molecule has 0 radical (unpaired) electrons. The summed E-state index contributed by atoms with van der Waals surface area (Å²) in [5, 5.41) is 3.11. The summed E-state index contributed by atoms with van der Waals surface area (Å²) in [6.45, 7) is 1.77. The van der Waals surface area contributed by atoms with Gasteiger partial charge in [-0.05, 0) is 18.2 Å².